The summed E-state index contributed by atoms with van der Waals surface area (Å²) in [6.07, 6.45) is 0. The Hall–Kier alpha value is -1.46. The molecule has 6 heteroatoms. The first-order valence-corrected chi connectivity index (χ1v) is 6.97. The summed E-state index contributed by atoms with van der Waals surface area (Å²) < 4.78 is 10.3. The van der Waals surface area contributed by atoms with Crippen LogP contribution in [-0.2, 0) is 9.47 Å². The first-order valence-electron chi connectivity index (χ1n) is 6.60. The molecule has 0 radical (unpaired) electrons. The van der Waals surface area contributed by atoms with Crippen molar-refractivity contribution in [1.29, 1.82) is 0 Å². The minimum Gasteiger partial charge on any atom is -0.462 e. The smallest absolute Gasteiger partial charge is 0.340 e. The Kier molecular flexibility index (Phi) is 6.61. The maximum Gasteiger partial charge on any atom is 0.340 e. The van der Waals surface area contributed by atoms with Gasteiger partial charge >= 0.3 is 5.97 Å². The predicted octanol–water partition coefficient (Wildman–Crippen LogP) is 2.94. The van der Waals surface area contributed by atoms with Crippen molar-refractivity contribution in [3.8, 4) is 0 Å². The van der Waals surface area contributed by atoms with E-state index in [0.29, 0.717) is 41.8 Å². The molecule has 1 atom stereocenters. The summed E-state index contributed by atoms with van der Waals surface area (Å²) >= 11 is 6.17. The fourth-order valence-corrected chi connectivity index (χ4v) is 2.01. The number of rotatable bonds is 7. The molecule has 0 spiro atoms. The maximum absolute atomic E-state index is 12.0. The molecule has 1 unspecified atom stereocenters. The van der Waals surface area contributed by atoms with E-state index in [1.54, 1.807) is 19.1 Å². The number of halogens is 1. The van der Waals surface area contributed by atoms with Gasteiger partial charge in [0.2, 0.25) is 0 Å². The minimum atomic E-state index is -0.451. The number of nitrogens with one attached hydrogen (secondary N) is 1. The van der Waals surface area contributed by atoms with Gasteiger partial charge in [0.05, 0.1) is 29.5 Å². The molecule has 0 aromatic heterocycles. The summed E-state index contributed by atoms with van der Waals surface area (Å²) in [7, 11) is 0. The molecule has 3 N–H and O–H groups in total. The van der Waals surface area contributed by atoms with Crippen LogP contribution in [0.4, 0.5) is 11.4 Å². The number of carbonyl (C=O) groups is 1. The SMILES string of the molecule is CCOCC(C)Nc1c(Cl)cc(N)cc1C(=O)OCC. The fourth-order valence-electron chi connectivity index (χ4n) is 1.73. The average Bonchev–Trinajstić information content (AvgIpc) is 2.39. The second-order valence-corrected chi connectivity index (χ2v) is 4.76. The molecule has 0 saturated heterocycles. The van der Waals surface area contributed by atoms with Crippen molar-refractivity contribution in [1.82, 2.24) is 0 Å². The Morgan fingerprint density at radius 3 is 2.70 bits per heavy atom. The monoisotopic (exact) mass is 300 g/mol. The number of hydrogen-bond acceptors (Lipinski definition) is 5. The van der Waals surface area contributed by atoms with Crippen molar-refractivity contribution in [2.24, 2.45) is 0 Å². The quantitative estimate of drug-likeness (QED) is 0.598. The molecule has 0 fully saturated rings. The van der Waals surface area contributed by atoms with E-state index >= 15 is 0 Å². The third-order valence-electron chi connectivity index (χ3n) is 2.57. The van der Waals surface area contributed by atoms with Gasteiger partial charge in [-0.3, -0.25) is 0 Å². The van der Waals surface area contributed by atoms with Crippen molar-refractivity contribution in [3.05, 3.63) is 22.7 Å². The molecule has 5 nitrogen and oxygen atoms in total. The number of carbonyl (C=O) groups excluding carboxylic acids is 1. The van der Waals surface area contributed by atoms with Crippen LogP contribution in [0.5, 0.6) is 0 Å². The van der Waals surface area contributed by atoms with E-state index < -0.39 is 5.97 Å². The van der Waals surface area contributed by atoms with Crippen LogP contribution in [0.3, 0.4) is 0 Å². The third-order valence-corrected chi connectivity index (χ3v) is 2.87. The normalized spacial score (nSPS) is 12.0. The zero-order chi connectivity index (χ0) is 15.1. The summed E-state index contributed by atoms with van der Waals surface area (Å²) in [5.41, 5.74) is 7.00. The molecule has 0 saturated carbocycles. The number of anilines is 2. The van der Waals surface area contributed by atoms with Crippen LogP contribution in [0.2, 0.25) is 5.02 Å². The molecule has 20 heavy (non-hydrogen) atoms. The lowest BCUT2D eigenvalue weighted by molar-refractivity contribution is 0.0527. The largest absolute Gasteiger partial charge is 0.462 e. The van der Waals surface area contributed by atoms with Crippen LogP contribution in [0.15, 0.2) is 12.1 Å². The summed E-state index contributed by atoms with van der Waals surface area (Å²) in [5.74, 6) is -0.451. The molecule has 0 amide bonds. The summed E-state index contributed by atoms with van der Waals surface area (Å²) in [6.45, 7) is 7.05. The topological polar surface area (TPSA) is 73.6 Å². The lowest BCUT2D eigenvalue weighted by Crippen LogP contribution is -2.23. The van der Waals surface area contributed by atoms with Crippen LogP contribution in [0.1, 0.15) is 31.1 Å². The molecule has 0 aliphatic heterocycles. The number of hydrogen-bond donors (Lipinski definition) is 2. The zero-order valence-electron chi connectivity index (χ0n) is 12.0. The van der Waals surface area contributed by atoms with Crippen LogP contribution in [0, 0.1) is 0 Å². The summed E-state index contributed by atoms with van der Waals surface area (Å²) in [6, 6.07) is 3.16. The number of esters is 1. The molecule has 1 aromatic carbocycles. The Morgan fingerprint density at radius 2 is 2.10 bits per heavy atom. The average molecular weight is 301 g/mol. The highest BCUT2D eigenvalue weighted by Gasteiger charge is 2.18. The van der Waals surface area contributed by atoms with Gasteiger partial charge in [0.1, 0.15) is 0 Å². The Labute approximate surface area is 124 Å². The second-order valence-electron chi connectivity index (χ2n) is 4.35. The number of ether oxygens (including phenoxy) is 2. The standard InChI is InChI=1S/C14H21ClN2O3/c1-4-19-8-9(3)17-13-11(14(18)20-5-2)6-10(16)7-12(13)15/h6-7,9,17H,4-5,8,16H2,1-3H3. The van der Waals surface area contributed by atoms with Crippen molar-refractivity contribution in [3.63, 3.8) is 0 Å². The van der Waals surface area contributed by atoms with E-state index in [0.717, 1.165) is 0 Å². The van der Waals surface area contributed by atoms with Gasteiger partial charge in [0.25, 0.3) is 0 Å². The third kappa shape index (κ3) is 4.58. The molecule has 0 aliphatic carbocycles. The van der Waals surface area contributed by atoms with Crippen molar-refractivity contribution in [2.75, 3.05) is 30.9 Å². The Balaban J connectivity index is 3.00. The van der Waals surface area contributed by atoms with E-state index in [1.807, 2.05) is 13.8 Å². The first kappa shape index (κ1) is 16.6. The predicted molar refractivity (Wildman–Crippen MR) is 81.4 cm³/mol. The molecule has 112 valence electrons. The van der Waals surface area contributed by atoms with Gasteiger partial charge in [-0.25, -0.2) is 4.79 Å². The highest BCUT2D eigenvalue weighted by atomic mass is 35.5. The van der Waals surface area contributed by atoms with Crippen molar-refractivity contribution in [2.45, 2.75) is 26.8 Å². The molecule has 1 aromatic rings. The van der Waals surface area contributed by atoms with E-state index in [4.69, 9.17) is 26.8 Å². The van der Waals surface area contributed by atoms with Gasteiger partial charge in [-0.2, -0.15) is 0 Å². The minimum absolute atomic E-state index is 0.00394. The van der Waals surface area contributed by atoms with E-state index in [1.165, 1.54) is 0 Å². The first-order chi connectivity index (χ1) is 9.49. The Bertz CT molecular complexity index is 466. The molecular weight excluding hydrogens is 280 g/mol. The van der Waals surface area contributed by atoms with Crippen molar-refractivity contribution >= 4 is 28.9 Å². The lowest BCUT2D eigenvalue weighted by atomic mass is 10.1. The van der Waals surface area contributed by atoms with Gasteiger partial charge in [-0.1, -0.05) is 11.6 Å². The number of nitrogens with two attached hydrogens (primary N) is 1. The van der Waals surface area contributed by atoms with E-state index in [2.05, 4.69) is 5.32 Å². The van der Waals surface area contributed by atoms with E-state index in [-0.39, 0.29) is 6.04 Å². The van der Waals surface area contributed by atoms with Crippen LogP contribution >= 0.6 is 11.6 Å². The molecule has 1 rings (SSSR count). The van der Waals surface area contributed by atoms with Crippen LogP contribution in [0.25, 0.3) is 0 Å². The lowest BCUT2D eigenvalue weighted by Gasteiger charge is -2.19. The Morgan fingerprint density at radius 1 is 1.40 bits per heavy atom. The van der Waals surface area contributed by atoms with E-state index in [9.17, 15) is 4.79 Å². The molecule has 0 aliphatic rings. The number of benzene rings is 1. The highest BCUT2D eigenvalue weighted by molar-refractivity contribution is 6.34. The maximum atomic E-state index is 12.0. The summed E-state index contributed by atoms with van der Waals surface area (Å²) in [5, 5.41) is 3.55. The van der Waals surface area contributed by atoms with Gasteiger partial charge in [-0.05, 0) is 32.9 Å². The molecule has 0 bridgehead atoms. The molecular formula is C14H21ClN2O3. The van der Waals surface area contributed by atoms with Gasteiger partial charge in [0.15, 0.2) is 0 Å². The van der Waals surface area contributed by atoms with Crippen molar-refractivity contribution < 1.29 is 14.3 Å². The van der Waals surface area contributed by atoms with Gasteiger partial charge in [0, 0.05) is 18.3 Å². The highest BCUT2D eigenvalue weighted by Crippen LogP contribution is 2.30. The summed E-state index contributed by atoms with van der Waals surface area (Å²) in [4.78, 5) is 12.0. The van der Waals surface area contributed by atoms with Crippen LogP contribution < -0.4 is 11.1 Å². The number of nitrogen functional groups attached to an aromatic ring is 1. The van der Waals surface area contributed by atoms with Gasteiger partial charge in [-0.15, -0.1) is 0 Å². The zero-order valence-corrected chi connectivity index (χ0v) is 12.8. The second kappa shape index (κ2) is 7.97. The van der Waals surface area contributed by atoms with Gasteiger partial charge < -0.3 is 20.5 Å². The fraction of sp³-hybridized carbons (Fsp3) is 0.500. The molecule has 0 heterocycles. The van der Waals surface area contributed by atoms with Crippen LogP contribution in [-0.4, -0.2) is 31.8 Å².